The molecule has 0 bridgehead atoms. The number of rotatable bonds is 2. The maximum absolute atomic E-state index is 11.8. The molecule has 0 amide bonds. The fraction of sp³-hybridized carbons (Fsp3) is 0.438. The predicted octanol–water partition coefficient (Wildman–Crippen LogP) is 4.21. The number of hydrogen-bond acceptors (Lipinski definition) is 2. The molecule has 102 valence electrons. The van der Waals surface area contributed by atoms with Crippen LogP contribution in [-0.4, -0.2) is 11.6 Å². The Kier molecular flexibility index (Phi) is 4.14. The van der Waals surface area contributed by atoms with Gasteiger partial charge in [-0.2, -0.15) is 0 Å². The number of benzene rings is 1. The van der Waals surface area contributed by atoms with Gasteiger partial charge in [0.1, 0.15) is 5.60 Å². The second-order valence-corrected chi connectivity index (χ2v) is 6.84. The minimum absolute atomic E-state index is 0.141. The summed E-state index contributed by atoms with van der Waals surface area (Å²) in [5, 5.41) is 0. The van der Waals surface area contributed by atoms with E-state index in [-0.39, 0.29) is 5.97 Å². The molecule has 0 fully saturated rings. The molecule has 19 heavy (non-hydrogen) atoms. The van der Waals surface area contributed by atoms with Crippen LogP contribution in [0.1, 0.15) is 38.3 Å². The van der Waals surface area contributed by atoms with Gasteiger partial charge < -0.3 is 4.74 Å². The third-order valence-corrected chi connectivity index (χ3v) is 3.48. The van der Waals surface area contributed by atoms with E-state index in [0.717, 1.165) is 22.9 Å². The van der Waals surface area contributed by atoms with Gasteiger partial charge in [0.15, 0.2) is 0 Å². The van der Waals surface area contributed by atoms with Crippen LogP contribution in [0.4, 0.5) is 0 Å². The molecule has 0 heterocycles. The van der Waals surface area contributed by atoms with Gasteiger partial charge in [0.25, 0.3) is 0 Å². The van der Waals surface area contributed by atoms with Crippen LogP contribution >= 0.6 is 15.9 Å². The zero-order valence-corrected chi connectivity index (χ0v) is 13.2. The van der Waals surface area contributed by atoms with Crippen LogP contribution in [0.25, 0.3) is 0 Å². The van der Waals surface area contributed by atoms with Crippen LogP contribution < -0.4 is 0 Å². The van der Waals surface area contributed by atoms with Crippen LogP contribution in [-0.2, 0) is 22.4 Å². The Morgan fingerprint density at radius 2 is 2.05 bits per heavy atom. The van der Waals surface area contributed by atoms with Crippen LogP contribution in [0.2, 0.25) is 0 Å². The van der Waals surface area contributed by atoms with Crippen molar-refractivity contribution in [3.63, 3.8) is 0 Å². The second kappa shape index (κ2) is 5.49. The lowest BCUT2D eigenvalue weighted by Gasteiger charge is -2.21. The zero-order chi connectivity index (χ0) is 14.0. The maximum Gasteiger partial charge on any atom is 0.310 e. The fourth-order valence-corrected chi connectivity index (χ4v) is 2.64. The molecule has 0 unspecified atom stereocenters. The number of carbonyl (C=O) groups excluding carboxylic acids is 1. The Morgan fingerprint density at radius 1 is 1.32 bits per heavy atom. The van der Waals surface area contributed by atoms with Gasteiger partial charge in [-0.25, -0.2) is 0 Å². The molecule has 1 aliphatic rings. The van der Waals surface area contributed by atoms with Gasteiger partial charge >= 0.3 is 5.97 Å². The summed E-state index contributed by atoms with van der Waals surface area (Å²) in [6, 6.07) is 6.34. The molecule has 1 aromatic rings. The topological polar surface area (TPSA) is 26.3 Å². The highest BCUT2D eigenvalue weighted by Gasteiger charge is 2.19. The SMILES string of the molecule is CC(C)(C)OC(=O)CC1=CCc2ccc(Br)cc2C1. The van der Waals surface area contributed by atoms with Gasteiger partial charge in [0, 0.05) is 4.47 Å². The van der Waals surface area contributed by atoms with E-state index in [1.54, 1.807) is 0 Å². The van der Waals surface area contributed by atoms with Gasteiger partial charge in [0.2, 0.25) is 0 Å². The maximum atomic E-state index is 11.8. The second-order valence-electron chi connectivity index (χ2n) is 5.92. The van der Waals surface area contributed by atoms with Crippen molar-refractivity contribution in [2.75, 3.05) is 0 Å². The smallest absolute Gasteiger partial charge is 0.310 e. The summed E-state index contributed by atoms with van der Waals surface area (Å²) in [7, 11) is 0. The Balaban J connectivity index is 2.01. The molecule has 3 heteroatoms. The van der Waals surface area contributed by atoms with E-state index in [2.05, 4.69) is 40.2 Å². The van der Waals surface area contributed by atoms with E-state index in [1.165, 1.54) is 11.1 Å². The van der Waals surface area contributed by atoms with Crippen molar-refractivity contribution in [3.8, 4) is 0 Å². The van der Waals surface area contributed by atoms with E-state index in [1.807, 2.05) is 20.8 Å². The number of ether oxygens (including phenoxy) is 1. The summed E-state index contributed by atoms with van der Waals surface area (Å²) in [5.41, 5.74) is 3.39. The molecule has 0 spiro atoms. The lowest BCUT2D eigenvalue weighted by Crippen LogP contribution is -2.24. The lowest BCUT2D eigenvalue weighted by atomic mass is 9.90. The largest absolute Gasteiger partial charge is 0.460 e. The van der Waals surface area contributed by atoms with Crippen molar-refractivity contribution >= 4 is 21.9 Å². The first-order valence-corrected chi connectivity index (χ1v) is 7.30. The molecule has 0 radical (unpaired) electrons. The highest BCUT2D eigenvalue weighted by Crippen LogP contribution is 2.26. The van der Waals surface area contributed by atoms with Crippen molar-refractivity contribution < 1.29 is 9.53 Å². The van der Waals surface area contributed by atoms with Crippen LogP contribution in [0.15, 0.2) is 34.3 Å². The summed E-state index contributed by atoms with van der Waals surface area (Å²) >= 11 is 3.49. The van der Waals surface area contributed by atoms with Gasteiger partial charge in [0.05, 0.1) is 6.42 Å². The average Bonchev–Trinajstić information content (AvgIpc) is 2.25. The van der Waals surface area contributed by atoms with E-state index < -0.39 is 5.60 Å². The molecule has 0 saturated heterocycles. The number of fused-ring (bicyclic) bond motifs is 1. The number of esters is 1. The van der Waals surface area contributed by atoms with Crippen molar-refractivity contribution in [1.29, 1.82) is 0 Å². The first-order valence-electron chi connectivity index (χ1n) is 6.50. The molecular weight excluding hydrogens is 304 g/mol. The van der Waals surface area contributed by atoms with E-state index in [0.29, 0.717) is 6.42 Å². The molecule has 0 atom stereocenters. The Bertz CT molecular complexity index is 524. The number of allylic oxidation sites excluding steroid dienone is 1. The number of hydrogen-bond donors (Lipinski definition) is 0. The van der Waals surface area contributed by atoms with E-state index >= 15 is 0 Å². The monoisotopic (exact) mass is 322 g/mol. The fourth-order valence-electron chi connectivity index (χ4n) is 2.23. The van der Waals surface area contributed by atoms with Crippen molar-refractivity contribution in [2.24, 2.45) is 0 Å². The summed E-state index contributed by atoms with van der Waals surface area (Å²) in [6.45, 7) is 5.69. The molecular formula is C16H19BrO2. The van der Waals surface area contributed by atoms with Gasteiger partial charge in [-0.05, 0) is 56.9 Å². The van der Waals surface area contributed by atoms with Gasteiger partial charge in [-0.15, -0.1) is 0 Å². The standard InChI is InChI=1S/C16H19BrO2/c1-16(2,3)19-15(18)9-11-4-5-12-6-7-14(17)10-13(12)8-11/h4,6-7,10H,5,8-9H2,1-3H3. The molecule has 1 aromatic carbocycles. The minimum atomic E-state index is -0.409. The summed E-state index contributed by atoms with van der Waals surface area (Å²) in [6.07, 6.45) is 4.29. The summed E-state index contributed by atoms with van der Waals surface area (Å²) in [5.74, 6) is -0.141. The van der Waals surface area contributed by atoms with Crippen LogP contribution in [0.5, 0.6) is 0 Å². The molecule has 2 rings (SSSR count). The van der Waals surface area contributed by atoms with Crippen molar-refractivity contribution in [1.82, 2.24) is 0 Å². The van der Waals surface area contributed by atoms with E-state index in [9.17, 15) is 4.79 Å². The summed E-state index contributed by atoms with van der Waals surface area (Å²) in [4.78, 5) is 11.8. The highest BCUT2D eigenvalue weighted by molar-refractivity contribution is 9.10. The minimum Gasteiger partial charge on any atom is -0.460 e. The molecule has 0 saturated carbocycles. The Morgan fingerprint density at radius 3 is 2.74 bits per heavy atom. The molecule has 0 N–H and O–H groups in total. The normalized spacial score (nSPS) is 14.6. The van der Waals surface area contributed by atoms with Gasteiger partial charge in [-0.1, -0.05) is 33.6 Å². The first kappa shape index (κ1) is 14.3. The Labute approximate surface area is 123 Å². The van der Waals surface area contributed by atoms with Crippen molar-refractivity contribution in [2.45, 2.75) is 45.6 Å². The quantitative estimate of drug-likeness (QED) is 0.602. The van der Waals surface area contributed by atoms with Gasteiger partial charge in [-0.3, -0.25) is 4.79 Å². The molecule has 0 aromatic heterocycles. The Hall–Kier alpha value is -1.09. The highest BCUT2D eigenvalue weighted by atomic mass is 79.9. The van der Waals surface area contributed by atoms with Crippen LogP contribution in [0, 0.1) is 0 Å². The number of halogens is 1. The number of carbonyl (C=O) groups is 1. The van der Waals surface area contributed by atoms with E-state index in [4.69, 9.17) is 4.74 Å². The van der Waals surface area contributed by atoms with Crippen LogP contribution in [0.3, 0.4) is 0 Å². The molecule has 0 aliphatic heterocycles. The summed E-state index contributed by atoms with van der Waals surface area (Å²) < 4.78 is 6.45. The average molecular weight is 323 g/mol. The third-order valence-electron chi connectivity index (χ3n) is 2.99. The lowest BCUT2D eigenvalue weighted by molar-refractivity contribution is -0.153. The zero-order valence-electron chi connectivity index (χ0n) is 11.6. The predicted molar refractivity (Wildman–Crippen MR) is 80.1 cm³/mol. The van der Waals surface area contributed by atoms with Crippen molar-refractivity contribution in [3.05, 3.63) is 45.4 Å². The molecule has 2 nitrogen and oxygen atoms in total. The first-order chi connectivity index (χ1) is 8.83. The third kappa shape index (κ3) is 4.20. The molecule has 1 aliphatic carbocycles.